The van der Waals surface area contributed by atoms with Crippen LogP contribution < -0.4 is 29.6 Å². The monoisotopic (exact) mass is 252 g/mol. The van der Waals surface area contributed by atoms with Crippen molar-refractivity contribution in [1.29, 1.82) is 5.26 Å². The summed E-state index contributed by atoms with van der Waals surface area (Å²) in [7, 11) is 0. The van der Waals surface area contributed by atoms with E-state index < -0.39 is 11.9 Å². The van der Waals surface area contributed by atoms with Gasteiger partial charge in [0.25, 0.3) is 0 Å². The molecule has 0 aromatic carbocycles. The van der Waals surface area contributed by atoms with E-state index in [-0.39, 0.29) is 41.5 Å². The number of hydrogen-bond donors (Lipinski definition) is 0. The van der Waals surface area contributed by atoms with Crippen LogP contribution in [0.25, 0.3) is 0 Å². The van der Waals surface area contributed by atoms with E-state index in [2.05, 4.69) is 9.47 Å². The summed E-state index contributed by atoms with van der Waals surface area (Å²) in [4.78, 5) is 20.2. The maximum absolute atomic E-state index is 10.2. The predicted octanol–water partition coefficient (Wildman–Crippen LogP) is -2.17. The van der Waals surface area contributed by atoms with Crippen molar-refractivity contribution in [3.05, 3.63) is 12.7 Å². The number of esters is 2. The van der Waals surface area contributed by atoms with E-state index in [1.54, 1.807) is 19.9 Å². The molecule has 0 heterocycles. The molecule has 0 fully saturated rings. The minimum Gasteiger partial charge on any atom is -0.870 e. The van der Waals surface area contributed by atoms with Crippen molar-refractivity contribution in [3.63, 3.8) is 0 Å². The predicted molar refractivity (Wildman–Crippen MR) is 54.3 cm³/mol. The Bertz CT molecular complexity index is 250. The molecule has 1 N–H and O–H groups in total. The topological polar surface area (TPSA) is 106 Å². The fraction of sp³-hybridized carbons (Fsp3) is 0.500. The van der Waals surface area contributed by atoms with Crippen LogP contribution in [-0.4, -0.2) is 30.6 Å². The average molecular weight is 252 g/mol. The molecule has 6 nitrogen and oxygen atoms in total. The van der Waals surface area contributed by atoms with Crippen LogP contribution in [0.5, 0.6) is 0 Å². The summed E-state index contributed by atoms with van der Waals surface area (Å²) in [5.74, 6) is -0.919. The van der Waals surface area contributed by atoms with Gasteiger partial charge in [0.2, 0.25) is 0 Å². The molecule has 0 radical (unpaired) electrons. The van der Waals surface area contributed by atoms with Crippen molar-refractivity contribution in [2.24, 2.45) is 0 Å². The summed E-state index contributed by atoms with van der Waals surface area (Å²) in [6.07, 6.45) is 0.747. The first-order chi connectivity index (χ1) is 7.12. The van der Waals surface area contributed by atoms with Crippen LogP contribution in [0.2, 0.25) is 0 Å². The maximum Gasteiger partial charge on any atom is 1.00 e. The van der Waals surface area contributed by atoms with Gasteiger partial charge in [-0.05, 0) is 13.8 Å². The van der Waals surface area contributed by atoms with Gasteiger partial charge in [-0.1, -0.05) is 0 Å². The number of hydrogen-bond acceptors (Lipinski definition) is 6. The van der Waals surface area contributed by atoms with E-state index in [1.807, 2.05) is 0 Å². The van der Waals surface area contributed by atoms with E-state index in [4.69, 9.17) is 11.8 Å². The first-order valence-electron chi connectivity index (χ1n) is 4.36. The summed E-state index contributed by atoms with van der Waals surface area (Å²) in [5, 5.41) is 7.91. The van der Waals surface area contributed by atoms with Crippen LogP contribution in [0.4, 0.5) is 0 Å². The van der Waals surface area contributed by atoms with Crippen LogP contribution in [-0.2, 0) is 19.1 Å². The quantitative estimate of drug-likeness (QED) is 0.244. The molecular weight excluding hydrogens is 237 g/mol. The third kappa shape index (κ3) is 25.4. The van der Waals surface area contributed by atoms with Crippen LogP contribution >= 0.6 is 0 Å². The molecule has 17 heavy (non-hydrogen) atoms. The Morgan fingerprint density at radius 2 is 1.76 bits per heavy atom. The van der Waals surface area contributed by atoms with E-state index in [0.29, 0.717) is 13.2 Å². The largest absolute Gasteiger partial charge is 1.00 e. The first-order valence-corrected chi connectivity index (χ1v) is 4.36. The Morgan fingerprint density at radius 3 is 2.00 bits per heavy atom. The molecule has 0 aliphatic rings. The number of carbonyl (C=O) groups excluding carboxylic acids is 2. The Morgan fingerprint density at radius 1 is 1.29 bits per heavy atom. The molecule has 0 aliphatic carbocycles. The molecule has 0 aromatic rings. The number of nitrogens with zero attached hydrogens (tertiary/aromatic N) is 1. The van der Waals surface area contributed by atoms with E-state index in [0.717, 1.165) is 6.08 Å². The van der Waals surface area contributed by atoms with Gasteiger partial charge < -0.3 is 19.7 Å². The van der Waals surface area contributed by atoms with Gasteiger partial charge in [-0.3, -0.25) is 11.4 Å². The molecule has 0 bridgehead atoms. The molecule has 0 rings (SSSR count). The van der Waals surface area contributed by atoms with E-state index in [1.165, 1.54) is 0 Å². The SMILES string of the molecule is CCOC(=O)CC#N.[CH-]=CC(=O)OCC.[Na+].[OH-]. The van der Waals surface area contributed by atoms with Crippen molar-refractivity contribution in [1.82, 2.24) is 0 Å². The van der Waals surface area contributed by atoms with Gasteiger partial charge in [0, 0.05) is 0 Å². The minimum absolute atomic E-state index is 0. The van der Waals surface area contributed by atoms with Gasteiger partial charge in [0.15, 0.2) is 5.97 Å². The zero-order chi connectivity index (χ0) is 12.1. The Labute approximate surface area is 123 Å². The second-order valence-electron chi connectivity index (χ2n) is 2.06. The zero-order valence-electron chi connectivity index (χ0n) is 10.3. The van der Waals surface area contributed by atoms with Gasteiger partial charge >= 0.3 is 35.5 Å². The Balaban J connectivity index is -0.0000000896. The summed E-state index contributed by atoms with van der Waals surface area (Å²) in [6, 6.07) is 1.68. The molecule has 0 saturated heterocycles. The zero-order valence-corrected chi connectivity index (χ0v) is 12.3. The second-order valence-corrected chi connectivity index (χ2v) is 2.06. The van der Waals surface area contributed by atoms with Gasteiger partial charge in [-0.25, -0.2) is 0 Å². The van der Waals surface area contributed by atoms with Crippen molar-refractivity contribution >= 4 is 11.9 Å². The molecule has 0 amide bonds. The molecule has 92 valence electrons. The van der Waals surface area contributed by atoms with Crippen LogP contribution in [0.1, 0.15) is 20.3 Å². The third-order valence-corrected chi connectivity index (χ3v) is 0.951. The smallest absolute Gasteiger partial charge is 0.870 e. The molecule has 0 aliphatic heterocycles. The molecule has 7 heteroatoms. The van der Waals surface area contributed by atoms with Crippen LogP contribution in [0, 0.1) is 17.9 Å². The summed E-state index contributed by atoms with van der Waals surface area (Å²) >= 11 is 0. The standard InChI is InChI=1S/C5H7NO2.C5H7O2.Na.H2O/c1-2-8-5(7)3-4-6;1-3-5(6)7-4-2;;/h2-3H2,1H3;1,3H,4H2,2H3;;1H2/q;-1;+1;/p-1. The second kappa shape index (κ2) is 20.5. The maximum atomic E-state index is 10.2. The van der Waals surface area contributed by atoms with Gasteiger partial charge in [0.05, 0.1) is 19.3 Å². The van der Waals surface area contributed by atoms with Crippen LogP contribution in [0.3, 0.4) is 0 Å². The summed E-state index contributed by atoms with van der Waals surface area (Å²) in [6.45, 7) is 8.92. The molecule has 0 atom stereocenters. The van der Waals surface area contributed by atoms with Crippen molar-refractivity contribution in [2.45, 2.75) is 20.3 Å². The molecule has 0 saturated carbocycles. The minimum atomic E-state index is -0.470. The normalized spacial score (nSPS) is 6.65. The molecule has 0 unspecified atom stereocenters. The van der Waals surface area contributed by atoms with E-state index in [9.17, 15) is 9.59 Å². The number of nitriles is 1. The molecule has 0 aromatic heterocycles. The Kier molecular flexibility index (Phi) is 30.3. The van der Waals surface area contributed by atoms with Crippen LogP contribution in [0.15, 0.2) is 6.08 Å². The fourth-order valence-corrected chi connectivity index (χ4v) is 0.467. The molecule has 0 spiro atoms. The first kappa shape index (κ1) is 25.1. The number of ether oxygens (including phenoxy) is 2. The van der Waals surface area contributed by atoms with Gasteiger partial charge in [-0.15, -0.1) is 0 Å². The third-order valence-electron chi connectivity index (χ3n) is 0.951. The van der Waals surface area contributed by atoms with Gasteiger partial charge in [0.1, 0.15) is 6.42 Å². The summed E-state index contributed by atoms with van der Waals surface area (Å²) < 4.78 is 8.79. The van der Waals surface area contributed by atoms with Crippen molar-refractivity contribution in [2.75, 3.05) is 13.2 Å². The molecular formula is C10H15NNaO5-. The van der Waals surface area contributed by atoms with E-state index >= 15 is 0 Å². The van der Waals surface area contributed by atoms with Crippen molar-refractivity contribution < 1.29 is 54.1 Å². The Hall–Kier alpha value is -0.870. The number of carbonyl (C=O) groups is 2. The van der Waals surface area contributed by atoms with Gasteiger partial charge in [-0.2, -0.15) is 11.3 Å². The number of rotatable bonds is 4. The summed E-state index contributed by atoms with van der Waals surface area (Å²) in [5.41, 5.74) is 0. The fourth-order valence-electron chi connectivity index (χ4n) is 0.467. The average Bonchev–Trinajstić information content (AvgIpc) is 2.20. The van der Waals surface area contributed by atoms with Crippen molar-refractivity contribution in [3.8, 4) is 6.07 Å².